The van der Waals surface area contributed by atoms with Gasteiger partial charge in [0.1, 0.15) is 0 Å². The Labute approximate surface area is 96.5 Å². The molecule has 16 heavy (non-hydrogen) atoms. The molecule has 0 aliphatic heterocycles. The summed E-state index contributed by atoms with van der Waals surface area (Å²) in [5, 5.41) is 0. The van der Waals surface area contributed by atoms with Crippen molar-refractivity contribution in [3.05, 3.63) is 29.8 Å². The van der Waals surface area contributed by atoms with Gasteiger partial charge in [0, 0.05) is 0 Å². The first kappa shape index (κ1) is 13.2. The molecule has 0 aliphatic rings. The number of hydrogen-bond acceptors (Lipinski definition) is 4. The molecule has 2 N–H and O–H groups in total. The van der Waals surface area contributed by atoms with Crippen molar-refractivity contribution in [2.45, 2.75) is 24.7 Å². The third-order valence-electron chi connectivity index (χ3n) is 2.09. The molecule has 0 amide bonds. The van der Waals surface area contributed by atoms with E-state index < -0.39 is 10.1 Å². The summed E-state index contributed by atoms with van der Waals surface area (Å²) < 4.78 is 28.0. The molecule has 0 aromatic heterocycles. The quantitative estimate of drug-likeness (QED) is 0.765. The minimum Gasteiger partial charge on any atom is -0.330 e. The highest BCUT2D eigenvalue weighted by atomic mass is 32.2. The molecule has 0 fully saturated rings. The van der Waals surface area contributed by atoms with Crippen LogP contribution in [0.4, 0.5) is 0 Å². The molecule has 90 valence electrons. The van der Waals surface area contributed by atoms with Gasteiger partial charge < -0.3 is 5.73 Å². The topological polar surface area (TPSA) is 69.4 Å². The Bertz CT molecular complexity index is 411. The Morgan fingerprint density at radius 3 is 2.38 bits per heavy atom. The molecule has 0 unspecified atom stereocenters. The average molecular weight is 243 g/mol. The van der Waals surface area contributed by atoms with E-state index in [4.69, 9.17) is 9.92 Å². The number of hydrogen-bond donors (Lipinski definition) is 1. The maximum absolute atomic E-state index is 11.6. The van der Waals surface area contributed by atoms with Crippen molar-refractivity contribution < 1.29 is 12.6 Å². The van der Waals surface area contributed by atoms with Crippen molar-refractivity contribution >= 4 is 10.1 Å². The van der Waals surface area contributed by atoms with E-state index in [1.165, 1.54) is 0 Å². The van der Waals surface area contributed by atoms with Gasteiger partial charge in [0.05, 0.1) is 11.5 Å². The molecule has 1 aromatic carbocycles. The predicted octanol–water partition coefficient (Wildman–Crippen LogP) is 1.30. The van der Waals surface area contributed by atoms with E-state index in [0.717, 1.165) is 12.0 Å². The first-order valence-corrected chi connectivity index (χ1v) is 6.69. The van der Waals surface area contributed by atoms with Gasteiger partial charge in [0.15, 0.2) is 0 Å². The molecule has 1 aromatic rings. The van der Waals surface area contributed by atoms with Gasteiger partial charge in [-0.15, -0.1) is 0 Å². The van der Waals surface area contributed by atoms with E-state index in [-0.39, 0.29) is 11.5 Å². The Hall–Kier alpha value is -0.910. The van der Waals surface area contributed by atoms with Gasteiger partial charge in [-0.1, -0.05) is 19.1 Å². The van der Waals surface area contributed by atoms with Gasteiger partial charge in [0.25, 0.3) is 10.1 Å². The van der Waals surface area contributed by atoms with Gasteiger partial charge in [-0.3, -0.25) is 4.18 Å². The average Bonchev–Trinajstić information content (AvgIpc) is 2.28. The van der Waals surface area contributed by atoms with Crippen LogP contribution in [0.1, 0.15) is 18.9 Å². The smallest absolute Gasteiger partial charge is 0.296 e. The molecule has 0 saturated carbocycles. The molecule has 5 heteroatoms. The van der Waals surface area contributed by atoms with Gasteiger partial charge in [-0.2, -0.15) is 8.42 Å². The second kappa shape index (κ2) is 5.98. The fourth-order valence-electron chi connectivity index (χ4n) is 1.25. The SMILES string of the molecule is CCCOS(=O)(=O)c1ccc(CCN)cc1. The fraction of sp³-hybridized carbons (Fsp3) is 0.455. The van der Waals surface area contributed by atoms with Crippen LogP contribution in [-0.4, -0.2) is 21.6 Å². The summed E-state index contributed by atoms with van der Waals surface area (Å²) in [4.78, 5) is 0.196. The third kappa shape index (κ3) is 3.59. The first-order valence-electron chi connectivity index (χ1n) is 5.28. The predicted molar refractivity (Wildman–Crippen MR) is 62.6 cm³/mol. The fourth-order valence-corrected chi connectivity index (χ4v) is 2.24. The summed E-state index contributed by atoms with van der Waals surface area (Å²) in [6.45, 7) is 2.63. The second-order valence-corrected chi connectivity index (χ2v) is 5.07. The maximum atomic E-state index is 11.6. The van der Waals surface area contributed by atoms with Crippen LogP contribution in [0.15, 0.2) is 29.2 Å². The summed E-state index contributed by atoms with van der Waals surface area (Å²) in [5.41, 5.74) is 6.43. The lowest BCUT2D eigenvalue weighted by molar-refractivity contribution is 0.318. The summed E-state index contributed by atoms with van der Waals surface area (Å²) in [6, 6.07) is 6.62. The highest BCUT2D eigenvalue weighted by Gasteiger charge is 2.13. The van der Waals surface area contributed by atoms with Crippen molar-refractivity contribution in [3.8, 4) is 0 Å². The van der Waals surface area contributed by atoms with Crippen LogP contribution in [0, 0.1) is 0 Å². The zero-order valence-electron chi connectivity index (χ0n) is 9.35. The van der Waals surface area contributed by atoms with Crippen LogP contribution in [-0.2, 0) is 20.7 Å². The Balaban J connectivity index is 2.80. The number of benzene rings is 1. The summed E-state index contributed by atoms with van der Waals surface area (Å²) >= 11 is 0. The maximum Gasteiger partial charge on any atom is 0.296 e. The summed E-state index contributed by atoms with van der Waals surface area (Å²) in [6.07, 6.45) is 1.42. The molecule has 0 saturated heterocycles. The first-order chi connectivity index (χ1) is 7.60. The van der Waals surface area contributed by atoms with Crippen molar-refractivity contribution in [2.24, 2.45) is 5.73 Å². The molecule has 0 atom stereocenters. The van der Waals surface area contributed by atoms with E-state index >= 15 is 0 Å². The molecule has 0 spiro atoms. The van der Waals surface area contributed by atoms with Gasteiger partial charge in [-0.05, 0) is 37.1 Å². The zero-order chi connectivity index (χ0) is 12.0. The van der Waals surface area contributed by atoms with Crippen molar-refractivity contribution in [2.75, 3.05) is 13.2 Å². The molecule has 0 radical (unpaired) electrons. The normalized spacial score (nSPS) is 11.6. The minimum atomic E-state index is -3.59. The van der Waals surface area contributed by atoms with Crippen molar-refractivity contribution in [1.82, 2.24) is 0 Å². The summed E-state index contributed by atoms with van der Waals surface area (Å²) in [5.74, 6) is 0. The van der Waals surface area contributed by atoms with Gasteiger partial charge in [0.2, 0.25) is 0 Å². The molecular weight excluding hydrogens is 226 g/mol. The van der Waals surface area contributed by atoms with E-state index in [1.807, 2.05) is 6.92 Å². The van der Waals surface area contributed by atoms with Crippen molar-refractivity contribution in [1.29, 1.82) is 0 Å². The van der Waals surface area contributed by atoms with Gasteiger partial charge in [-0.25, -0.2) is 0 Å². The van der Waals surface area contributed by atoms with Gasteiger partial charge >= 0.3 is 0 Å². The Morgan fingerprint density at radius 1 is 1.25 bits per heavy atom. The van der Waals surface area contributed by atoms with E-state index in [9.17, 15) is 8.42 Å². The molecule has 0 bridgehead atoms. The molecule has 0 aliphatic carbocycles. The lowest BCUT2D eigenvalue weighted by Gasteiger charge is -2.05. The number of rotatable bonds is 6. The van der Waals surface area contributed by atoms with Crippen LogP contribution in [0.5, 0.6) is 0 Å². The van der Waals surface area contributed by atoms with Crippen molar-refractivity contribution in [3.63, 3.8) is 0 Å². The van der Waals surface area contributed by atoms with Crippen LogP contribution >= 0.6 is 0 Å². The van der Waals surface area contributed by atoms with E-state index in [1.54, 1.807) is 24.3 Å². The Kier molecular flexibility index (Phi) is 4.92. The van der Waals surface area contributed by atoms with Crippen LogP contribution < -0.4 is 5.73 Å². The highest BCUT2D eigenvalue weighted by Crippen LogP contribution is 2.13. The minimum absolute atomic E-state index is 0.196. The van der Waals surface area contributed by atoms with Crippen LogP contribution in [0.2, 0.25) is 0 Å². The zero-order valence-corrected chi connectivity index (χ0v) is 10.2. The van der Waals surface area contributed by atoms with E-state index in [0.29, 0.717) is 13.0 Å². The highest BCUT2D eigenvalue weighted by molar-refractivity contribution is 7.86. The summed E-state index contributed by atoms with van der Waals surface area (Å²) in [7, 11) is -3.59. The molecule has 4 nitrogen and oxygen atoms in total. The molecule has 1 rings (SSSR count). The standard InChI is InChI=1S/C11H17NO3S/c1-2-9-15-16(13,14)11-5-3-10(4-6-11)7-8-12/h3-6H,2,7-9,12H2,1H3. The molecular formula is C11H17NO3S. The monoisotopic (exact) mass is 243 g/mol. The number of nitrogens with two attached hydrogens (primary N) is 1. The lowest BCUT2D eigenvalue weighted by Crippen LogP contribution is -2.07. The lowest BCUT2D eigenvalue weighted by atomic mass is 10.2. The third-order valence-corrected chi connectivity index (χ3v) is 3.41. The van der Waals surface area contributed by atoms with E-state index in [2.05, 4.69) is 0 Å². The van der Waals surface area contributed by atoms with Crippen LogP contribution in [0.25, 0.3) is 0 Å². The second-order valence-electron chi connectivity index (χ2n) is 3.46. The largest absolute Gasteiger partial charge is 0.330 e. The Morgan fingerprint density at radius 2 is 1.88 bits per heavy atom. The molecule has 0 heterocycles. The van der Waals surface area contributed by atoms with Crippen LogP contribution in [0.3, 0.4) is 0 Å².